The topological polar surface area (TPSA) is 48.9 Å². The molecule has 0 fully saturated rings. The first-order valence-corrected chi connectivity index (χ1v) is 5.77. The van der Waals surface area contributed by atoms with Crippen LogP contribution < -0.4 is 0 Å². The molecule has 1 aliphatic carbocycles. The normalized spacial score (nSPS) is 15.1. The zero-order valence-corrected chi connectivity index (χ0v) is 10.2. The molecule has 0 aromatic carbocycles. The van der Waals surface area contributed by atoms with E-state index in [1.807, 2.05) is 13.0 Å². The van der Waals surface area contributed by atoms with Gasteiger partial charge in [-0.2, -0.15) is 4.79 Å². The largest absolute Gasteiger partial charge is 0.487 e. The Bertz CT molecular complexity index is 347. The Kier molecular flexibility index (Phi) is 4.80. The number of nitrogens with zero attached hydrogens (tertiary/aromatic N) is 3. The molecule has 0 saturated heterocycles. The number of likely N-dealkylation sites (N-methyl/N-ethyl adjacent to an activating group) is 1. The van der Waals surface area contributed by atoms with Crippen LogP contribution in [0.15, 0.2) is 23.6 Å². The van der Waals surface area contributed by atoms with Crippen molar-refractivity contribution >= 4 is 5.71 Å². The lowest BCUT2D eigenvalue weighted by atomic mass is 10.1. The zero-order chi connectivity index (χ0) is 12.0. The van der Waals surface area contributed by atoms with Gasteiger partial charge in [0.2, 0.25) is 5.76 Å². The Morgan fingerprint density at radius 1 is 1.38 bits per heavy atom. The summed E-state index contributed by atoms with van der Waals surface area (Å²) in [4.78, 5) is 5.50. The third kappa shape index (κ3) is 2.74. The predicted octanol–water partition coefficient (Wildman–Crippen LogP) is 2.21. The van der Waals surface area contributed by atoms with Crippen molar-refractivity contribution in [3.05, 3.63) is 29.1 Å². The van der Waals surface area contributed by atoms with Crippen LogP contribution in [0.3, 0.4) is 0 Å². The van der Waals surface area contributed by atoms with E-state index in [1.165, 1.54) is 0 Å². The van der Waals surface area contributed by atoms with E-state index in [4.69, 9.17) is 10.3 Å². The van der Waals surface area contributed by atoms with Gasteiger partial charge in [-0.3, -0.25) is 0 Å². The summed E-state index contributed by atoms with van der Waals surface area (Å²) < 4.78 is 5.46. The Labute approximate surface area is 96.8 Å². The van der Waals surface area contributed by atoms with Gasteiger partial charge < -0.3 is 15.2 Å². The monoisotopic (exact) mass is 221 g/mol. The van der Waals surface area contributed by atoms with Crippen LogP contribution in [-0.4, -0.2) is 35.1 Å². The second-order valence-corrected chi connectivity index (χ2v) is 3.49. The molecule has 0 unspecified atom stereocenters. The fraction of sp³-hybridized carbons (Fsp3) is 0.583. The molecule has 0 amide bonds. The van der Waals surface area contributed by atoms with Gasteiger partial charge in [0.1, 0.15) is 0 Å². The molecule has 0 spiro atoms. The maximum Gasteiger partial charge on any atom is 0.337 e. The van der Waals surface area contributed by atoms with Crippen molar-refractivity contribution < 1.29 is 9.53 Å². The molecule has 0 bridgehead atoms. The Morgan fingerprint density at radius 2 is 2.06 bits per heavy atom. The Balaban J connectivity index is 2.92. The third-order valence-electron chi connectivity index (χ3n) is 2.62. The van der Waals surface area contributed by atoms with E-state index in [0.29, 0.717) is 24.5 Å². The lowest BCUT2D eigenvalue weighted by Crippen LogP contribution is -2.24. The molecule has 0 aromatic rings. The van der Waals surface area contributed by atoms with E-state index in [-0.39, 0.29) is 0 Å². The van der Waals surface area contributed by atoms with Crippen LogP contribution >= 0.6 is 0 Å². The van der Waals surface area contributed by atoms with Gasteiger partial charge >= 0.3 is 5.71 Å². The standard InChI is InChI=1S/C12H19N3O/c1-4-15(5-2)10-7-8-11(14-13)12(9-10)16-6-3/h7,9H,4-6,8H2,1-3H3. The van der Waals surface area contributed by atoms with Gasteiger partial charge in [0.15, 0.2) is 0 Å². The zero-order valence-electron chi connectivity index (χ0n) is 10.2. The first-order chi connectivity index (χ1) is 7.76. The van der Waals surface area contributed by atoms with E-state index in [2.05, 4.69) is 29.6 Å². The Hall–Kier alpha value is -1.54. The summed E-state index contributed by atoms with van der Waals surface area (Å²) in [6.07, 6.45) is 4.62. The quantitative estimate of drug-likeness (QED) is 0.528. The number of rotatable bonds is 5. The number of allylic oxidation sites excluding steroid dienone is 3. The van der Waals surface area contributed by atoms with Crippen molar-refractivity contribution in [1.29, 1.82) is 0 Å². The average Bonchev–Trinajstić information content (AvgIpc) is 2.31. The molecular formula is C12H19N3O. The van der Waals surface area contributed by atoms with Crippen LogP contribution in [-0.2, 0) is 4.74 Å². The maximum absolute atomic E-state index is 8.85. The first kappa shape index (κ1) is 12.5. The van der Waals surface area contributed by atoms with Crippen LogP contribution in [0.1, 0.15) is 27.2 Å². The van der Waals surface area contributed by atoms with E-state index >= 15 is 0 Å². The summed E-state index contributed by atoms with van der Waals surface area (Å²) >= 11 is 0. The summed E-state index contributed by atoms with van der Waals surface area (Å²) in [5.74, 6) is 0.675. The SMILES string of the molecule is CCOC1=CC(N(CC)CC)=CCC1=[N+]=[N-]. The van der Waals surface area contributed by atoms with Gasteiger partial charge in [-0.15, -0.1) is 0 Å². The predicted molar refractivity (Wildman–Crippen MR) is 64.0 cm³/mol. The van der Waals surface area contributed by atoms with Gasteiger partial charge in [-0.25, -0.2) is 0 Å². The van der Waals surface area contributed by atoms with Crippen molar-refractivity contribution in [3.8, 4) is 0 Å². The highest BCUT2D eigenvalue weighted by atomic mass is 16.5. The molecule has 0 radical (unpaired) electrons. The summed E-state index contributed by atoms with van der Waals surface area (Å²) in [6, 6.07) is 0. The van der Waals surface area contributed by atoms with Gasteiger partial charge in [-0.05, 0) is 26.8 Å². The third-order valence-corrected chi connectivity index (χ3v) is 2.62. The van der Waals surface area contributed by atoms with Gasteiger partial charge in [0.25, 0.3) is 0 Å². The molecule has 1 aliphatic rings. The van der Waals surface area contributed by atoms with E-state index in [0.717, 1.165) is 18.8 Å². The van der Waals surface area contributed by atoms with Gasteiger partial charge in [0, 0.05) is 24.9 Å². The van der Waals surface area contributed by atoms with Crippen molar-refractivity contribution in [2.24, 2.45) is 0 Å². The summed E-state index contributed by atoms with van der Waals surface area (Å²) in [6.45, 7) is 8.66. The molecule has 0 saturated carbocycles. The molecular weight excluding hydrogens is 202 g/mol. The number of hydrogen-bond acceptors (Lipinski definition) is 2. The van der Waals surface area contributed by atoms with Crippen molar-refractivity contribution in [3.63, 3.8) is 0 Å². The minimum atomic E-state index is 0.580. The highest BCUT2D eigenvalue weighted by Gasteiger charge is 2.22. The average molecular weight is 221 g/mol. The van der Waals surface area contributed by atoms with E-state index < -0.39 is 0 Å². The van der Waals surface area contributed by atoms with E-state index in [1.54, 1.807) is 0 Å². The van der Waals surface area contributed by atoms with Crippen molar-refractivity contribution in [2.45, 2.75) is 27.2 Å². The second-order valence-electron chi connectivity index (χ2n) is 3.49. The molecule has 16 heavy (non-hydrogen) atoms. The van der Waals surface area contributed by atoms with Crippen LogP contribution in [0.25, 0.3) is 5.53 Å². The minimum absolute atomic E-state index is 0.580. The van der Waals surface area contributed by atoms with Gasteiger partial charge in [0.05, 0.1) is 13.0 Å². The smallest absolute Gasteiger partial charge is 0.337 e. The molecule has 0 atom stereocenters. The molecule has 4 nitrogen and oxygen atoms in total. The highest BCUT2D eigenvalue weighted by Crippen LogP contribution is 2.18. The first-order valence-electron chi connectivity index (χ1n) is 5.77. The summed E-state index contributed by atoms with van der Waals surface area (Å²) in [5.41, 5.74) is 10.6. The fourth-order valence-electron chi connectivity index (χ4n) is 1.76. The maximum atomic E-state index is 8.85. The second kappa shape index (κ2) is 6.13. The van der Waals surface area contributed by atoms with Crippen LogP contribution in [0.2, 0.25) is 0 Å². The van der Waals surface area contributed by atoms with Crippen molar-refractivity contribution in [1.82, 2.24) is 4.90 Å². The molecule has 0 aliphatic heterocycles. The highest BCUT2D eigenvalue weighted by molar-refractivity contribution is 5.96. The minimum Gasteiger partial charge on any atom is -0.487 e. The lowest BCUT2D eigenvalue weighted by molar-refractivity contribution is -0.0119. The van der Waals surface area contributed by atoms with E-state index in [9.17, 15) is 0 Å². The van der Waals surface area contributed by atoms with Crippen LogP contribution in [0.5, 0.6) is 0 Å². The Morgan fingerprint density at radius 3 is 2.56 bits per heavy atom. The molecule has 88 valence electrons. The molecule has 0 heterocycles. The molecule has 1 rings (SSSR count). The molecule has 0 N–H and O–H groups in total. The van der Waals surface area contributed by atoms with Crippen molar-refractivity contribution in [2.75, 3.05) is 19.7 Å². The molecule has 4 heteroatoms. The van der Waals surface area contributed by atoms with Gasteiger partial charge in [-0.1, -0.05) is 0 Å². The summed E-state index contributed by atoms with van der Waals surface area (Å²) in [7, 11) is 0. The fourth-order valence-corrected chi connectivity index (χ4v) is 1.76. The lowest BCUT2D eigenvalue weighted by Gasteiger charge is -2.24. The molecule has 0 aromatic heterocycles. The number of hydrogen-bond donors (Lipinski definition) is 0. The van der Waals surface area contributed by atoms with Crippen LogP contribution in [0.4, 0.5) is 0 Å². The summed E-state index contributed by atoms with van der Waals surface area (Å²) in [5, 5.41) is 0. The van der Waals surface area contributed by atoms with Crippen LogP contribution in [0, 0.1) is 0 Å². The number of ether oxygens (including phenoxy) is 1.